The molecule has 0 bridgehead atoms. The zero-order valence-electron chi connectivity index (χ0n) is 10.3. The van der Waals surface area contributed by atoms with E-state index < -0.39 is 0 Å². The van der Waals surface area contributed by atoms with Crippen LogP contribution in [0.25, 0.3) is 0 Å². The topological polar surface area (TPSA) is 53.1 Å². The highest BCUT2D eigenvalue weighted by atomic mass is 16.5. The van der Waals surface area contributed by atoms with Crippen LogP contribution in [0.2, 0.25) is 0 Å². The van der Waals surface area contributed by atoms with Crippen molar-refractivity contribution in [1.82, 2.24) is 9.78 Å². The first kappa shape index (κ1) is 11.7. The fourth-order valence-electron chi connectivity index (χ4n) is 1.88. The molecule has 2 N–H and O–H groups in total. The first-order chi connectivity index (χ1) is 8.11. The molecule has 1 heterocycles. The lowest BCUT2D eigenvalue weighted by molar-refractivity contribution is 0.407. The molecule has 0 radical (unpaired) electrons. The van der Waals surface area contributed by atoms with Crippen LogP contribution < -0.4 is 10.5 Å². The maximum absolute atomic E-state index is 6.24. The van der Waals surface area contributed by atoms with E-state index in [2.05, 4.69) is 11.2 Å². The average Bonchev–Trinajstić information content (AvgIpc) is 2.75. The van der Waals surface area contributed by atoms with Crippen LogP contribution in [0.1, 0.15) is 22.7 Å². The SMILES string of the molecule is COc1ccc(C)cc1C(N)c1cnn(C)c1. The summed E-state index contributed by atoms with van der Waals surface area (Å²) in [5.74, 6) is 0.812. The first-order valence-corrected chi connectivity index (χ1v) is 5.50. The van der Waals surface area contributed by atoms with Gasteiger partial charge in [-0.15, -0.1) is 0 Å². The molecule has 0 saturated carbocycles. The van der Waals surface area contributed by atoms with Crippen molar-refractivity contribution in [3.05, 3.63) is 47.3 Å². The van der Waals surface area contributed by atoms with Crippen LogP contribution in [0.15, 0.2) is 30.6 Å². The minimum absolute atomic E-state index is 0.210. The van der Waals surface area contributed by atoms with Gasteiger partial charge in [-0.1, -0.05) is 17.7 Å². The second kappa shape index (κ2) is 4.59. The van der Waals surface area contributed by atoms with Gasteiger partial charge in [-0.05, 0) is 13.0 Å². The number of aromatic nitrogens is 2. The lowest BCUT2D eigenvalue weighted by Crippen LogP contribution is -2.12. The zero-order chi connectivity index (χ0) is 12.4. The van der Waals surface area contributed by atoms with Crippen molar-refractivity contribution in [2.75, 3.05) is 7.11 Å². The number of nitrogens with zero attached hydrogens (tertiary/aromatic N) is 2. The van der Waals surface area contributed by atoms with Crippen LogP contribution in [0.5, 0.6) is 5.75 Å². The summed E-state index contributed by atoms with van der Waals surface area (Å²) in [6, 6.07) is 5.80. The van der Waals surface area contributed by atoms with Gasteiger partial charge in [0.15, 0.2) is 0 Å². The number of benzene rings is 1. The van der Waals surface area contributed by atoms with Crippen molar-refractivity contribution in [2.24, 2.45) is 12.8 Å². The summed E-state index contributed by atoms with van der Waals surface area (Å²) in [5, 5.41) is 4.14. The van der Waals surface area contributed by atoms with E-state index in [-0.39, 0.29) is 6.04 Å². The fourth-order valence-corrected chi connectivity index (χ4v) is 1.88. The third-order valence-corrected chi connectivity index (χ3v) is 2.80. The van der Waals surface area contributed by atoms with Gasteiger partial charge in [0.25, 0.3) is 0 Å². The van der Waals surface area contributed by atoms with E-state index in [0.29, 0.717) is 0 Å². The van der Waals surface area contributed by atoms with Crippen molar-refractivity contribution < 1.29 is 4.74 Å². The monoisotopic (exact) mass is 231 g/mol. The van der Waals surface area contributed by atoms with Crippen LogP contribution in [0.4, 0.5) is 0 Å². The Bertz CT molecular complexity index is 519. The molecule has 90 valence electrons. The normalized spacial score (nSPS) is 12.5. The Morgan fingerprint density at radius 1 is 1.41 bits per heavy atom. The van der Waals surface area contributed by atoms with Gasteiger partial charge < -0.3 is 10.5 Å². The van der Waals surface area contributed by atoms with Gasteiger partial charge in [-0.3, -0.25) is 4.68 Å². The molecule has 0 spiro atoms. The maximum Gasteiger partial charge on any atom is 0.123 e. The molecule has 0 saturated heterocycles. The van der Waals surface area contributed by atoms with Gasteiger partial charge >= 0.3 is 0 Å². The highest BCUT2D eigenvalue weighted by Crippen LogP contribution is 2.28. The van der Waals surface area contributed by atoms with E-state index in [9.17, 15) is 0 Å². The van der Waals surface area contributed by atoms with Gasteiger partial charge in [-0.2, -0.15) is 5.10 Å². The summed E-state index contributed by atoms with van der Waals surface area (Å²) in [5.41, 5.74) is 9.38. The molecule has 2 rings (SSSR count). The summed E-state index contributed by atoms with van der Waals surface area (Å²) >= 11 is 0. The number of ether oxygens (including phenoxy) is 1. The van der Waals surface area contributed by atoms with E-state index in [1.165, 1.54) is 5.56 Å². The van der Waals surface area contributed by atoms with Crippen LogP contribution in [0.3, 0.4) is 0 Å². The van der Waals surface area contributed by atoms with E-state index in [1.54, 1.807) is 18.0 Å². The van der Waals surface area contributed by atoms with Gasteiger partial charge in [0.1, 0.15) is 5.75 Å². The minimum Gasteiger partial charge on any atom is -0.496 e. The van der Waals surface area contributed by atoms with Gasteiger partial charge in [-0.25, -0.2) is 0 Å². The van der Waals surface area contributed by atoms with Crippen molar-refractivity contribution in [2.45, 2.75) is 13.0 Å². The molecule has 0 amide bonds. The summed E-state index contributed by atoms with van der Waals surface area (Å²) in [6.07, 6.45) is 3.71. The second-order valence-electron chi connectivity index (χ2n) is 4.17. The number of methoxy groups -OCH3 is 1. The lowest BCUT2D eigenvalue weighted by Gasteiger charge is -2.15. The van der Waals surface area contributed by atoms with Crippen molar-refractivity contribution in [1.29, 1.82) is 0 Å². The lowest BCUT2D eigenvalue weighted by atomic mass is 9.99. The molecular formula is C13H17N3O. The summed E-state index contributed by atoms with van der Waals surface area (Å²) < 4.78 is 7.09. The fraction of sp³-hybridized carbons (Fsp3) is 0.308. The number of hydrogen-bond acceptors (Lipinski definition) is 3. The highest BCUT2D eigenvalue weighted by Gasteiger charge is 2.15. The summed E-state index contributed by atoms with van der Waals surface area (Å²) in [6.45, 7) is 2.04. The molecule has 1 atom stereocenters. The van der Waals surface area contributed by atoms with Crippen molar-refractivity contribution in [3.63, 3.8) is 0 Å². The number of nitrogens with two attached hydrogens (primary N) is 1. The maximum atomic E-state index is 6.24. The third kappa shape index (κ3) is 2.31. The van der Waals surface area contributed by atoms with E-state index >= 15 is 0 Å². The number of aryl methyl sites for hydroxylation is 2. The van der Waals surface area contributed by atoms with E-state index in [1.807, 2.05) is 32.3 Å². The largest absolute Gasteiger partial charge is 0.496 e. The van der Waals surface area contributed by atoms with Gasteiger partial charge in [0.05, 0.1) is 19.3 Å². The van der Waals surface area contributed by atoms with Crippen molar-refractivity contribution >= 4 is 0 Å². The molecule has 1 aromatic heterocycles. The Hall–Kier alpha value is -1.81. The molecule has 17 heavy (non-hydrogen) atoms. The molecule has 1 aromatic carbocycles. The van der Waals surface area contributed by atoms with Gasteiger partial charge in [0, 0.05) is 24.4 Å². The predicted molar refractivity (Wildman–Crippen MR) is 67.0 cm³/mol. The van der Waals surface area contributed by atoms with Crippen LogP contribution in [-0.4, -0.2) is 16.9 Å². The second-order valence-corrected chi connectivity index (χ2v) is 4.17. The predicted octanol–water partition coefficient (Wildman–Crippen LogP) is 1.79. The number of hydrogen-bond donors (Lipinski definition) is 1. The molecule has 0 aliphatic heterocycles. The Morgan fingerprint density at radius 2 is 2.18 bits per heavy atom. The summed E-state index contributed by atoms with van der Waals surface area (Å²) in [4.78, 5) is 0. The minimum atomic E-state index is -0.210. The molecule has 1 unspecified atom stereocenters. The van der Waals surface area contributed by atoms with Crippen LogP contribution in [0, 0.1) is 6.92 Å². The molecule has 0 fully saturated rings. The van der Waals surface area contributed by atoms with E-state index in [4.69, 9.17) is 10.5 Å². The molecular weight excluding hydrogens is 214 g/mol. The standard InChI is InChI=1S/C13H17N3O/c1-9-4-5-12(17-3)11(6-9)13(14)10-7-15-16(2)8-10/h4-8,13H,14H2,1-3H3. The molecule has 2 aromatic rings. The first-order valence-electron chi connectivity index (χ1n) is 5.50. The molecule has 0 aliphatic carbocycles. The van der Waals surface area contributed by atoms with E-state index in [0.717, 1.165) is 16.9 Å². The average molecular weight is 231 g/mol. The Morgan fingerprint density at radius 3 is 2.76 bits per heavy atom. The quantitative estimate of drug-likeness (QED) is 0.876. The molecule has 4 heteroatoms. The van der Waals surface area contributed by atoms with Crippen molar-refractivity contribution in [3.8, 4) is 5.75 Å². The van der Waals surface area contributed by atoms with Crippen LogP contribution >= 0.6 is 0 Å². The third-order valence-electron chi connectivity index (χ3n) is 2.80. The van der Waals surface area contributed by atoms with Gasteiger partial charge in [0.2, 0.25) is 0 Å². The highest BCUT2D eigenvalue weighted by molar-refractivity contribution is 5.42. The Kier molecular flexibility index (Phi) is 3.15. The van der Waals surface area contributed by atoms with Crippen LogP contribution in [-0.2, 0) is 7.05 Å². The molecule has 4 nitrogen and oxygen atoms in total. The summed E-state index contributed by atoms with van der Waals surface area (Å²) in [7, 11) is 3.54. The molecule has 0 aliphatic rings. The zero-order valence-corrected chi connectivity index (χ0v) is 10.3. The smallest absolute Gasteiger partial charge is 0.123 e. The Balaban J connectivity index is 2.42. The Labute approximate surface area is 101 Å². The number of rotatable bonds is 3.